The Morgan fingerprint density at radius 3 is 3.10 bits per heavy atom. The summed E-state index contributed by atoms with van der Waals surface area (Å²) in [5.74, 6) is 1.92. The molecule has 1 heterocycles. The fourth-order valence-corrected chi connectivity index (χ4v) is 2.01. The van der Waals surface area contributed by atoms with Gasteiger partial charge in [0, 0.05) is 45.8 Å². The molecule has 21 heavy (non-hydrogen) atoms. The quantitative estimate of drug-likeness (QED) is 0.396. The number of rotatable bonds is 9. The molecule has 1 aliphatic rings. The van der Waals surface area contributed by atoms with E-state index in [-0.39, 0.29) is 0 Å². The normalized spacial score (nSPS) is 15.2. The molecule has 0 saturated heterocycles. The highest BCUT2D eigenvalue weighted by Crippen LogP contribution is 2.18. The smallest absolute Gasteiger partial charge is 0.191 e. The molecule has 0 aliphatic heterocycles. The van der Waals surface area contributed by atoms with Crippen molar-refractivity contribution in [1.82, 2.24) is 25.4 Å². The molecular formula is C14H26N6O. The van der Waals surface area contributed by atoms with Gasteiger partial charge in [-0.2, -0.15) is 0 Å². The van der Waals surface area contributed by atoms with Crippen molar-refractivity contribution in [3.63, 3.8) is 0 Å². The van der Waals surface area contributed by atoms with Crippen LogP contribution in [-0.4, -0.2) is 53.6 Å². The number of hydrogen-bond acceptors (Lipinski definition) is 4. The zero-order chi connectivity index (χ0) is 14.9. The Morgan fingerprint density at radius 2 is 2.38 bits per heavy atom. The summed E-state index contributed by atoms with van der Waals surface area (Å²) < 4.78 is 7.12. The minimum absolute atomic E-state index is 0.597. The van der Waals surface area contributed by atoms with Gasteiger partial charge in [0.25, 0.3) is 0 Å². The van der Waals surface area contributed by atoms with E-state index in [9.17, 15) is 0 Å². The van der Waals surface area contributed by atoms with Gasteiger partial charge in [-0.05, 0) is 19.3 Å². The van der Waals surface area contributed by atoms with Gasteiger partial charge in [-0.3, -0.25) is 4.99 Å². The van der Waals surface area contributed by atoms with Crippen LogP contribution in [0.3, 0.4) is 0 Å². The highest BCUT2D eigenvalue weighted by atomic mass is 16.5. The van der Waals surface area contributed by atoms with E-state index in [0.29, 0.717) is 6.04 Å². The van der Waals surface area contributed by atoms with Crippen LogP contribution in [0.15, 0.2) is 11.3 Å². The molecule has 0 radical (unpaired) electrons. The fourth-order valence-electron chi connectivity index (χ4n) is 2.01. The number of aliphatic imine (C=N–C) groups is 1. The van der Waals surface area contributed by atoms with Gasteiger partial charge < -0.3 is 19.9 Å². The maximum absolute atomic E-state index is 5.05. The summed E-state index contributed by atoms with van der Waals surface area (Å²) in [5, 5.41) is 14.8. The lowest BCUT2D eigenvalue weighted by molar-refractivity contribution is 0.197. The molecule has 0 amide bonds. The molecule has 0 aromatic carbocycles. The number of aryl methyl sites for hydroxylation is 1. The van der Waals surface area contributed by atoms with Crippen molar-refractivity contribution in [2.45, 2.75) is 45.2 Å². The standard InChI is InChI=1S/C14H26N6O/c1-3-13-19-17-11-20(13)9-8-16-14(18-12-5-6-12)15-7-4-10-21-2/h11-12H,3-10H2,1-2H3,(H2,15,16,18). The maximum Gasteiger partial charge on any atom is 0.191 e. The summed E-state index contributed by atoms with van der Waals surface area (Å²) in [6, 6.07) is 0.597. The first-order valence-corrected chi connectivity index (χ1v) is 7.74. The van der Waals surface area contributed by atoms with E-state index >= 15 is 0 Å². The van der Waals surface area contributed by atoms with E-state index in [1.54, 1.807) is 13.4 Å². The zero-order valence-corrected chi connectivity index (χ0v) is 13.0. The molecule has 118 valence electrons. The van der Waals surface area contributed by atoms with Crippen molar-refractivity contribution < 1.29 is 4.74 Å². The Balaban J connectivity index is 1.75. The van der Waals surface area contributed by atoms with Crippen molar-refractivity contribution in [3.05, 3.63) is 12.2 Å². The van der Waals surface area contributed by atoms with E-state index in [4.69, 9.17) is 4.74 Å². The van der Waals surface area contributed by atoms with Gasteiger partial charge in [0.15, 0.2) is 5.96 Å². The van der Waals surface area contributed by atoms with Gasteiger partial charge in [-0.25, -0.2) is 0 Å². The van der Waals surface area contributed by atoms with Crippen molar-refractivity contribution in [2.24, 2.45) is 4.99 Å². The minimum Gasteiger partial charge on any atom is -0.385 e. The third-order valence-corrected chi connectivity index (χ3v) is 3.35. The van der Waals surface area contributed by atoms with Gasteiger partial charge >= 0.3 is 0 Å². The average molecular weight is 294 g/mol. The van der Waals surface area contributed by atoms with Crippen LogP contribution in [0.25, 0.3) is 0 Å². The third-order valence-electron chi connectivity index (χ3n) is 3.35. The van der Waals surface area contributed by atoms with E-state index in [1.165, 1.54) is 12.8 Å². The lowest BCUT2D eigenvalue weighted by Crippen LogP contribution is -2.40. The molecule has 1 saturated carbocycles. The largest absolute Gasteiger partial charge is 0.385 e. The van der Waals surface area contributed by atoms with Crippen LogP contribution in [-0.2, 0) is 17.7 Å². The summed E-state index contributed by atoms with van der Waals surface area (Å²) in [6.07, 6.45) is 6.11. The predicted molar refractivity (Wildman–Crippen MR) is 82.4 cm³/mol. The Morgan fingerprint density at radius 1 is 1.52 bits per heavy atom. The molecule has 7 nitrogen and oxygen atoms in total. The number of guanidine groups is 1. The van der Waals surface area contributed by atoms with Gasteiger partial charge in [-0.1, -0.05) is 6.92 Å². The summed E-state index contributed by atoms with van der Waals surface area (Å²) in [4.78, 5) is 4.58. The summed E-state index contributed by atoms with van der Waals surface area (Å²) >= 11 is 0. The molecule has 0 spiro atoms. The summed E-state index contributed by atoms with van der Waals surface area (Å²) in [5.41, 5.74) is 0. The Kier molecular flexibility index (Phi) is 6.46. The second kappa shape index (κ2) is 8.61. The Bertz CT molecular complexity index is 440. The maximum atomic E-state index is 5.05. The average Bonchev–Trinajstić information content (AvgIpc) is 3.19. The molecule has 0 unspecified atom stereocenters. The topological polar surface area (TPSA) is 76.4 Å². The molecule has 2 rings (SSSR count). The second-order valence-corrected chi connectivity index (χ2v) is 5.22. The monoisotopic (exact) mass is 294 g/mol. The fraction of sp³-hybridized carbons (Fsp3) is 0.786. The number of nitrogens with zero attached hydrogens (tertiary/aromatic N) is 4. The highest BCUT2D eigenvalue weighted by Gasteiger charge is 2.22. The number of hydrogen-bond donors (Lipinski definition) is 2. The van der Waals surface area contributed by atoms with Crippen LogP contribution in [0.5, 0.6) is 0 Å². The van der Waals surface area contributed by atoms with Crippen LogP contribution < -0.4 is 10.6 Å². The number of methoxy groups -OCH3 is 1. The van der Waals surface area contributed by atoms with E-state index in [1.807, 2.05) is 0 Å². The lowest BCUT2D eigenvalue weighted by atomic mass is 10.4. The molecule has 1 aromatic rings. The molecule has 0 bridgehead atoms. The van der Waals surface area contributed by atoms with Crippen molar-refractivity contribution in [3.8, 4) is 0 Å². The number of aromatic nitrogens is 3. The molecule has 0 atom stereocenters. The summed E-state index contributed by atoms with van der Waals surface area (Å²) in [6.45, 7) is 5.28. The van der Waals surface area contributed by atoms with Gasteiger partial charge in [0.05, 0.1) is 0 Å². The van der Waals surface area contributed by atoms with Crippen molar-refractivity contribution in [2.75, 3.05) is 26.8 Å². The second-order valence-electron chi connectivity index (χ2n) is 5.22. The molecule has 1 fully saturated rings. The van der Waals surface area contributed by atoms with Crippen LogP contribution >= 0.6 is 0 Å². The third kappa shape index (κ3) is 5.71. The Labute approximate surface area is 126 Å². The number of ether oxygens (including phenoxy) is 1. The first-order valence-electron chi connectivity index (χ1n) is 7.74. The van der Waals surface area contributed by atoms with Gasteiger partial charge in [0.2, 0.25) is 0 Å². The lowest BCUT2D eigenvalue weighted by Gasteiger charge is -2.12. The van der Waals surface area contributed by atoms with Gasteiger partial charge in [0.1, 0.15) is 12.2 Å². The molecule has 1 aliphatic carbocycles. The van der Waals surface area contributed by atoms with Crippen LogP contribution in [0.4, 0.5) is 0 Å². The Hall–Kier alpha value is -1.63. The van der Waals surface area contributed by atoms with Crippen LogP contribution in [0, 0.1) is 0 Å². The van der Waals surface area contributed by atoms with E-state index in [2.05, 4.69) is 37.3 Å². The summed E-state index contributed by atoms with van der Waals surface area (Å²) in [7, 11) is 1.72. The van der Waals surface area contributed by atoms with Crippen LogP contribution in [0.1, 0.15) is 32.0 Å². The molecule has 2 N–H and O–H groups in total. The van der Waals surface area contributed by atoms with Crippen molar-refractivity contribution in [1.29, 1.82) is 0 Å². The molecule has 1 aromatic heterocycles. The number of nitrogens with one attached hydrogen (secondary N) is 2. The van der Waals surface area contributed by atoms with Crippen molar-refractivity contribution >= 4 is 5.96 Å². The molecular weight excluding hydrogens is 268 g/mol. The molecule has 7 heteroatoms. The van der Waals surface area contributed by atoms with Gasteiger partial charge in [-0.15, -0.1) is 10.2 Å². The van der Waals surface area contributed by atoms with E-state index < -0.39 is 0 Å². The van der Waals surface area contributed by atoms with E-state index in [0.717, 1.165) is 50.9 Å². The minimum atomic E-state index is 0.597. The first-order chi connectivity index (χ1) is 10.3. The highest BCUT2D eigenvalue weighted by molar-refractivity contribution is 5.80. The SMILES string of the molecule is CCc1nncn1CCNC(=NCCCOC)NC1CC1. The zero-order valence-electron chi connectivity index (χ0n) is 13.0. The first kappa shape index (κ1) is 15.8. The predicted octanol–water partition coefficient (Wildman–Crippen LogP) is 0.575. The van der Waals surface area contributed by atoms with Crippen LogP contribution in [0.2, 0.25) is 0 Å².